The number of hydrogen-bond acceptors (Lipinski definition) is 5. The van der Waals surface area contributed by atoms with Crippen LogP contribution in [0.2, 0.25) is 0 Å². The van der Waals surface area contributed by atoms with Gasteiger partial charge in [-0.1, -0.05) is 59.4 Å². The van der Waals surface area contributed by atoms with Crippen LogP contribution in [0.25, 0.3) is 10.2 Å². The van der Waals surface area contributed by atoms with Crippen molar-refractivity contribution in [2.45, 2.75) is 19.4 Å². The molecule has 128 valence electrons. The molecule has 5 rings (SSSR count). The Morgan fingerprint density at radius 3 is 2.62 bits per heavy atom. The molecule has 0 bridgehead atoms. The van der Waals surface area contributed by atoms with Crippen LogP contribution in [0, 0.1) is 6.92 Å². The summed E-state index contributed by atoms with van der Waals surface area (Å²) in [5.74, 6) is 0. The molecule has 0 N–H and O–H groups in total. The summed E-state index contributed by atoms with van der Waals surface area (Å²) < 4.78 is 1.20. The number of nitrogens with zero attached hydrogens (tertiary/aromatic N) is 3. The van der Waals surface area contributed by atoms with E-state index < -0.39 is 0 Å². The maximum Gasteiger partial charge on any atom is 0.207 e. The van der Waals surface area contributed by atoms with E-state index in [1.807, 2.05) is 6.07 Å². The first-order valence-electron chi connectivity index (χ1n) is 8.61. The van der Waals surface area contributed by atoms with Gasteiger partial charge in [0.1, 0.15) is 0 Å². The molecule has 2 aromatic heterocycles. The minimum atomic E-state index is 0.188. The SMILES string of the molecule is Cc1ccc(C2CC(c3cccs3)=NN2c2nc3ccccc3s2)cc1. The summed E-state index contributed by atoms with van der Waals surface area (Å²) in [6.45, 7) is 2.12. The van der Waals surface area contributed by atoms with Crippen molar-refractivity contribution in [2.24, 2.45) is 5.10 Å². The third-order valence-electron chi connectivity index (χ3n) is 4.66. The fourth-order valence-corrected chi connectivity index (χ4v) is 4.97. The van der Waals surface area contributed by atoms with Crippen LogP contribution in [0.1, 0.15) is 28.5 Å². The van der Waals surface area contributed by atoms with Crippen LogP contribution in [-0.2, 0) is 0 Å². The number of thiazole rings is 1. The van der Waals surface area contributed by atoms with Crippen LogP contribution in [0.3, 0.4) is 0 Å². The van der Waals surface area contributed by atoms with E-state index in [9.17, 15) is 0 Å². The van der Waals surface area contributed by atoms with Crippen LogP contribution in [0.5, 0.6) is 0 Å². The molecule has 1 aliphatic rings. The molecule has 3 nitrogen and oxygen atoms in total. The molecule has 1 unspecified atom stereocenters. The first-order chi connectivity index (χ1) is 12.8. The van der Waals surface area contributed by atoms with E-state index >= 15 is 0 Å². The van der Waals surface area contributed by atoms with Gasteiger partial charge in [0.2, 0.25) is 5.13 Å². The Morgan fingerprint density at radius 1 is 1.00 bits per heavy atom. The Balaban J connectivity index is 1.60. The van der Waals surface area contributed by atoms with Gasteiger partial charge >= 0.3 is 0 Å². The number of hydrazone groups is 1. The zero-order chi connectivity index (χ0) is 17.5. The van der Waals surface area contributed by atoms with Crippen molar-refractivity contribution in [3.8, 4) is 0 Å². The summed E-state index contributed by atoms with van der Waals surface area (Å²) in [6, 6.07) is 21.5. The zero-order valence-corrected chi connectivity index (χ0v) is 15.9. The smallest absolute Gasteiger partial charge is 0.207 e. The summed E-state index contributed by atoms with van der Waals surface area (Å²) in [5.41, 5.74) is 4.74. The first kappa shape index (κ1) is 15.7. The van der Waals surface area contributed by atoms with Gasteiger partial charge in [-0.25, -0.2) is 9.99 Å². The van der Waals surface area contributed by atoms with Gasteiger partial charge in [0.15, 0.2) is 0 Å². The highest BCUT2D eigenvalue weighted by molar-refractivity contribution is 7.22. The van der Waals surface area contributed by atoms with Crippen LogP contribution >= 0.6 is 22.7 Å². The third kappa shape index (κ3) is 2.73. The summed E-state index contributed by atoms with van der Waals surface area (Å²) >= 11 is 3.45. The Kier molecular flexibility index (Phi) is 3.84. The van der Waals surface area contributed by atoms with Crippen molar-refractivity contribution >= 4 is 43.7 Å². The Morgan fingerprint density at radius 2 is 1.85 bits per heavy atom. The van der Waals surface area contributed by atoms with Crippen LogP contribution in [-0.4, -0.2) is 10.7 Å². The minimum absolute atomic E-state index is 0.188. The normalized spacial score (nSPS) is 17.0. The lowest BCUT2D eigenvalue weighted by Gasteiger charge is -2.21. The van der Waals surface area contributed by atoms with Crippen LogP contribution < -0.4 is 5.01 Å². The minimum Gasteiger partial charge on any atom is -0.231 e. The predicted molar refractivity (Wildman–Crippen MR) is 111 cm³/mol. The highest BCUT2D eigenvalue weighted by atomic mass is 32.1. The molecule has 0 saturated carbocycles. The van der Waals surface area contributed by atoms with E-state index in [0.29, 0.717) is 0 Å². The number of fused-ring (bicyclic) bond motifs is 1. The quantitative estimate of drug-likeness (QED) is 0.438. The fourth-order valence-electron chi connectivity index (χ4n) is 3.28. The van der Waals surface area contributed by atoms with Crippen molar-refractivity contribution in [2.75, 3.05) is 5.01 Å². The van der Waals surface area contributed by atoms with Gasteiger partial charge in [-0.2, -0.15) is 5.10 Å². The monoisotopic (exact) mass is 375 g/mol. The maximum atomic E-state index is 4.98. The number of anilines is 1. The number of para-hydroxylation sites is 1. The molecule has 0 amide bonds. The molecule has 2 aromatic carbocycles. The average molecular weight is 376 g/mol. The molecule has 0 spiro atoms. The highest BCUT2D eigenvalue weighted by Crippen LogP contribution is 2.40. The number of hydrogen-bond donors (Lipinski definition) is 0. The van der Waals surface area contributed by atoms with Crippen molar-refractivity contribution in [1.82, 2.24) is 4.98 Å². The summed E-state index contributed by atoms with van der Waals surface area (Å²) in [5, 5.41) is 10.2. The summed E-state index contributed by atoms with van der Waals surface area (Å²) in [6.07, 6.45) is 0.902. The van der Waals surface area contributed by atoms with Crippen LogP contribution in [0.4, 0.5) is 5.13 Å². The van der Waals surface area contributed by atoms with Gasteiger partial charge in [-0.15, -0.1) is 11.3 Å². The van der Waals surface area contributed by atoms with E-state index in [4.69, 9.17) is 10.1 Å². The van der Waals surface area contributed by atoms with Crippen molar-refractivity contribution in [1.29, 1.82) is 0 Å². The van der Waals surface area contributed by atoms with E-state index in [1.165, 1.54) is 20.7 Å². The molecule has 0 aliphatic carbocycles. The Bertz CT molecular complexity index is 1050. The topological polar surface area (TPSA) is 28.5 Å². The lowest BCUT2D eigenvalue weighted by atomic mass is 10.0. The van der Waals surface area contributed by atoms with Gasteiger partial charge < -0.3 is 0 Å². The average Bonchev–Trinajstić information content (AvgIpc) is 3.40. The number of thiophene rings is 1. The molecule has 0 saturated heterocycles. The molecule has 26 heavy (non-hydrogen) atoms. The second-order valence-corrected chi connectivity index (χ2v) is 8.42. The van der Waals surface area contributed by atoms with E-state index in [0.717, 1.165) is 22.8 Å². The summed E-state index contributed by atoms with van der Waals surface area (Å²) in [4.78, 5) is 6.09. The number of benzene rings is 2. The molecule has 0 fully saturated rings. The van der Waals surface area contributed by atoms with Crippen molar-refractivity contribution in [3.63, 3.8) is 0 Å². The number of aromatic nitrogens is 1. The largest absolute Gasteiger partial charge is 0.231 e. The standard InChI is InChI=1S/C21H17N3S2/c1-14-8-10-15(11-9-14)18-13-17(19-7-4-12-25-19)23-24(18)21-22-16-5-2-3-6-20(16)26-21/h2-12,18H,13H2,1H3. The van der Waals surface area contributed by atoms with Gasteiger partial charge in [-0.3, -0.25) is 0 Å². The van der Waals surface area contributed by atoms with Crippen LogP contribution in [0.15, 0.2) is 71.1 Å². The second-order valence-electron chi connectivity index (χ2n) is 6.46. The summed E-state index contributed by atoms with van der Waals surface area (Å²) in [7, 11) is 0. The Hall–Kier alpha value is -2.50. The zero-order valence-electron chi connectivity index (χ0n) is 14.3. The molecule has 0 radical (unpaired) electrons. The fraction of sp³-hybridized carbons (Fsp3) is 0.143. The van der Waals surface area contributed by atoms with Crippen molar-refractivity contribution < 1.29 is 0 Å². The second kappa shape index (κ2) is 6.34. The number of rotatable bonds is 3. The number of aryl methyl sites for hydroxylation is 1. The van der Waals surface area contributed by atoms with E-state index in [1.54, 1.807) is 22.7 Å². The first-order valence-corrected chi connectivity index (χ1v) is 10.3. The lowest BCUT2D eigenvalue weighted by Crippen LogP contribution is -2.18. The molecule has 4 aromatic rings. The van der Waals surface area contributed by atoms with Gasteiger partial charge in [0, 0.05) is 6.42 Å². The highest BCUT2D eigenvalue weighted by Gasteiger charge is 2.32. The molecule has 5 heteroatoms. The van der Waals surface area contributed by atoms with E-state index in [-0.39, 0.29) is 6.04 Å². The van der Waals surface area contributed by atoms with Gasteiger partial charge in [0.05, 0.1) is 26.8 Å². The predicted octanol–water partition coefficient (Wildman–Crippen LogP) is 6.02. The van der Waals surface area contributed by atoms with E-state index in [2.05, 4.69) is 71.9 Å². The molecule has 1 aliphatic heterocycles. The molecule has 3 heterocycles. The third-order valence-corrected chi connectivity index (χ3v) is 6.60. The molecule has 1 atom stereocenters. The maximum absolute atomic E-state index is 4.98. The van der Waals surface area contributed by atoms with Gasteiger partial charge in [-0.05, 0) is 36.1 Å². The molecular weight excluding hydrogens is 358 g/mol. The van der Waals surface area contributed by atoms with Crippen molar-refractivity contribution in [3.05, 3.63) is 82.0 Å². The lowest BCUT2D eigenvalue weighted by molar-refractivity contribution is 0.707. The Labute approximate surface area is 160 Å². The van der Waals surface area contributed by atoms with Gasteiger partial charge in [0.25, 0.3) is 0 Å². The molecular formula is C21H17N3S2.